The Hall–Kier alpha value is -0.0200. The standard InChI is InChI=1S/C13H18Br2O/c1-8(2)5-12(15)10-7-11(14)9(3)6-13(10)16-4/h6-8,12H,5H2,1-4H3. The maximum Gasteiger partial charge on any atom is 0.123 e. The third kappa shape index (κ3) is 3.49. The van der Waals surface area contributed by atoms with Gasteiger partial charge < -0.3 is 4.74 Å². The smallest absolute Gasteiger partial charge is 0.123 e. The maximum absolute atomic E-state index is 5.43. The molecule has 3 heteroatoms. The van der Waals surface area contributed by atoms with E-state index in [0.717, 1.165) is 16.6 Å². The molecule has 1 nitrogen and oxygen atoms in total. The number of methoxy groups -OCH3 is 1. The molecule has 0 bridgehead atoms. The molecule has 1 atom stereocenters. The number of rotatable bonds is 4. The van der Waals surface area contributed by atoms with Gasteiger partial charge in [-0.25, -0.2) is 0 Å². The fraction of sp³-hybridized carbons (Fsp3) is 0.538. The Morgan fingerprint density at radius 2 is 1.94 bits per heavy atom. The minimum absolute atomic E-state index is 0.347. The molecular formula is C13H18Br2O. The van der Waals surface area contributed by atoms with Crippen LogP contribution in [0.15, 0.2) is 16.6 Å². The van der Waals surface area contributed by atoms with Crippen molar-refractivity contribution in [3.05, 3.63) is 27.7 Å². The normalized spacial score (nSPS) is 12.9. The van der Waals surface area contributed by atoms with Crippen molar-refractivity contribution in [3.63, 3.8) is 0 Å². The van der Waals surface area contributed by atoms with Crippen molar-refractivity contribution in [2.75, 3.05) is 7.11 Å². The van der Waals surface area contributed by atoms with Crippen LogP contribution in [0.25, 0.3) is 0 Å². The quantitative estimate of drug-likeness (QED) is 0.674. The molecule has 0 fully saturated rings. The summed E-state index contributed by atoms with van der Waals surface area (Å²) in [4.78, 5) is 0.347. The van der Waals surface area contributed by atoms with Crippen molar-refractivity contribution < 1.29 is 4.74 Å². The minimum atomic E-state index is 0.347. The largest absolute Gasteiger partial charge is 0.496 e. The lowest BCUT2D eigenvalue weighted by Gasteiger charge is -2.17. The molecule has 0 N–H and O–H groups in total. The summed E-state index contributed by atoms with van der Waals surface area (Å²) in [6.07, 6.45) is 1.10. The fourth-order valence-corrected chi connectivity index (χ4v) is 3.10. The minimum Gasteiger partial charge on any atom is -0.496 e. The van der Waals surface area contributed by atoms with Gasteiger partial charge in [0.2, 0.25) is 0 Å². The Labute approximate surface area is 115 Å². The van der Waals surface area contributed by atoms with Crippen molar-refractivity contribution in [1.82, 2.24) is 0 Å². The fourth-order valence-electron chi connectivity index (χ4n) is 1.63. The molecule has 0 spiro atoms. The third-order valence-corrected chi connectivity index (χ3v) is 4.25. The molecule has 0 radical (unpaired) electrons. The lowest BCUT2D eigenvalue weighted by atomic mass is 10.0. The van der Waals surface area contributed by atoms with E-state index in [0.29, 0.717) is 10.7 Å². The highest BCUT2D eigenvalue weighted by Gasteiger charge is 2.16. The third-order valence-electron chi connectivity index (χ3n) is 2.53. The first kappa shape index (κ1) is 14.0. The highest BCUT2D eigenvalue weighted by molar-refractivity contribution is 9.10. The van der Waals surface area contributed by atoms with Gasteiger partial charge in [-0.2, -0.15) is 0 Å². The molecule has 0 aliphatic rings. The average Bonchev–Trinajstić information content (AvgIpc) is 2.20. The number of benzene rings is 1. The Bertz CT molecular complexity index is 361. The summed E-state index contributed by atoms with van der Waals surface area (Å²) in [6.45, 7) is 6.52. The van der Waals surface area contributed by atoms with Gasteiger partial charge in [0.1, 0.15) is 5.75 Å². The summed E-state index contributed by atoms with van der Waals surface area (Å²) in [6, 6.07) is 4.23. The molecule has 0 amide bonds. The van der Waals surface area contributed by atoms with Gasteiger partial charge >= 0.3 is 0 Å². The second-order valence-electron chi connectivity index (χ2n) is 4.44. The average molecular weight is 350 g/mol. The highest BCUT2D eigenvalue weighted by Crippen LogP contribution is 2.38. The van der Waals surface area contributed by atoms with E-state index in [2.05, 4.69) is 64.8 Å². The number of hydrogen-bond acceptors (Lipinski definition) is 1. The molecule has 1 unspecified atom stereocenters. The van der Waals surface area contributed by atoms with E-state index >= 15 is 0 Å². The first-order valence-electron chi connectivity index (χ1n) is 5.43. The molecule has 1 aromatic rings. The number of aryl methyl sites for hydroxylation is 1. The number of halogens is 2. The molecule has 0 aromatic heterocycles. The SMILES string of the molecule is COc1cc(C)c(Br)cc1C(Br)CC(C)C. The van der Waals surface area contributed by atoms with Crippen LogP contribution in [0.3, 0.4) is 0 Å². The van der Waals surface area contributed by atoms with Crippen molar-refractivity contribution in [2.24, 2.45) is 5.92 Å². The van der Waals surface area contributed by atoms with Crippen LogP contribution in [-0.2, 0) is 0 Å². The Balaban J connectivity index is 3.06. The molecule has 0 heterocycles. The second-order valence-corrected chi connectivity index (χ2v) is 6.40. The summed E-state index contributed by atoms with van der Waals surface area (Å²) < 4.78 is 6.57. The van der Waals surface area contributed by atoms with Gasteiger partial charge in [0.25, 0.3) is 0 Å². The van der Waals surface area contributed by atoms with E-state index in [9.17, 15) is 0 Å². The van der Waals surface area contributed by atoms with Crippen LogP contribution < -0.4 is 4.74 Å². The Morgan fingerprint density at radius 1 is 1.31 bits per heavy atom. The Morgan fingerprint density at radius 3 is 2.44 bits per heavy atom. The van der Waals surface area contributed by atoms with E-state index in [1.165, 1.54) is 11.1 Å². The van der Waals surface area contributed by atoms with Crippen LogP contribution in [0.1, 0.15) is 36.2 Å². The van der Waals surface area contributed by atoms with Gasteiger partial charge in [-0.1, -0.05) is 45.7 Å². The van der Waals surface area contributed by atoms with Gasteiger partial charge in [-0.05, 0) is 37.0 Å². The molecule has 16 heavy (non-hydrogen) atoms. The number of hydrogen-bond donors (Lipinski definition) is 0. The summed E-state index contributed by atoms with van der Waals surface area (Å²) in [5.41, 5.74) is 2.42. The van der Waals surface area contributed by atoms with Crippen LogP contribution in [0.2, 0.25) is 0 Å². The van der Waals surface area contributed by atoms with E-state index in [4.69, 9.17) is 4.74 Å². The van der Waals surface area contributed by atoms with E-state index < -0.39 is 0 Å². The summed E-state index contributed by atoms with van der Waals surface area (Å²) in [5.74, 6) is 1.62. The van der Waals surface area contributed by atoms with Crippen LogP contribution >= 0.6 is 31.9 Å². The van der Waals surface area contributed by atoms with Crippen LogP contribution in [0.4, 0.5) is 0 Å². The first-order valence-corrected chi connectivity index (χ1v) is 7.14. The second kappa shape index (κ2) is 6.06. The topological polar surface area (TPSA) is 9.23 Å². The number of alkyl halides is 1. The van der Waals surface area contributed by atoms with E-state index in [1.54, 1.807) is 7.11 Å². The Kier molecular flexibility index (Phi) is 5.32. The molecule has 0 aliphatic carbocycles. The molecule has 1 aromatic carbocycles. The van der Waals surface area contributed by atoms with Crippen molar-refractivity contribution in [3.8, 4) is 5.75 Å². The van der Waals surface area contributed by atoms with Gasteiger partial charge in [-0.15, -0.1) is 0 Å². The number of ether oxygens (including phenoxy) is 1. The molecular weight excluding hydrogens is 332 g/mol. The molecule has 90 valence electrons. The molecule has 1 rings (SSSR count). The van der Waals surface area contributed by atoms with Gasteiger partial charge in [0.05, 0.1) is 7.11 Å². The molecule has 0 saturated heterocycles. The predicted octanol–water partition coefficient (Wildman–Crippen LogP) is 5.25. The van der Waals surface area contributed by atoms with E-state index in [-0.39, 0.29) is 0 Å². The summed E-state index contributed by atoms with van der Waals surface area (Å²) >= 11 is 7.30. The van der Waals surface area contributed by atoms with Crippen LogP contribution in [-0.4, -0.2) is 7.11 Å². The molecule has 0 saturated carbocycles. The van der Waals surface area contributed by atoms with Crippen molar-refractivity contribution in [2.45, 2.75) is 32.0 Å². The zero-order valence-electron chi connectivity index (χ0n) is 10.2. The van der Waals surface area contributed by atoms with Gasteiger partial charge in [-0.3, -0.25) is 0 Å². The van der Waals surface area contributed by atoms with Gasteiger partial charge in [0.15, 0.2) is 0 Å². The highest BCUT2D eigenvalue weighted by atomic mass is 79.9. The summed E-state index contributed by atoms with van der Waals surface area (Å²) in [7, 11) is 1.72. The lowest BCUT2D eigenvalue weighted by molar-refractivity contribution is 0.407. The maximum atomic E-state index is 5.43. The van der Waals surface area contributed by atoms with Crippen molar-refractivity contribution >= 4 is 31.9 Å². The molecule has 0 aliphatic heterocycles. The van der Waals surface area contributed by atoms with Crippen molar-refractivity contribution in [1.29, 1.82) is 0 Å². The predicted molar refractivity (Wildman–Crippen MR) is 76.6 cm³/mol. The lowest BCUT2D eigenvalue weighted by Crippen LogP contribution is -2.00. The zero-order valence-corrected chi connectivity index (χ0v) is 13.4. The van der Waals surface area contributed by atoms with Crippen LogP contribution in [0.5, 0.6) is 5.75 Å². The van der Waals surface area contributed by atoms with E-state index in [1.807, 2.05) is 0 Å². The van der Waals surface area contributed by atoms with Crippen LogP contribution in [0, 0.1) is 12.8 Å². The monoisotopic (exact) mass is 348 g/mol. The summed E-state index contributed by atoms with van der Waals surface area (Å²) in [5, 5.41) is 0. The zero-order chi connectivity index (χ0) is 12.3. The van der Waals surface area contributed by atoms with Gasteiger partial charge in [0, 0.05) is 14.9 Å². The first-order chi connectivity index (χ1) is 7.45.